The van der Waals surface area contributed by atoms with E-state index in [1.54, 1.807) is 0 Å². The van der Waals surface area contributed by atoms with Crippen molar-refractivity contribution in [1.82, 2.24) is 5.32 Å². The van der Waals surface area contributed by atoms with Gasteiger partial charge < -0.3 is 5.32 Å². The Labute approximate surface area is 128 Å². The standard InChI is InChI=1S/C20H25N/c1-15(2)12-16-6-8-18(9-7-16)19-5-3-4-17(13-19)14-21-20-10-11-20/h3-9,13,15,20-21H,10-12,14H2,1-2H3. The Hall–Kier alpha value is -1.60. The Bertz CT molecular complexity index is 579. The van der Waals surface area contributed by atoms with Gasteiger partial charge in [0, 0.05) is 12.6 Å². The molecule has 0 bridgehead atoms. The number of nitrogens with one attached hydrogen (secondary N) is 1. The first kappa shape index (κ1) is 14.3. The van der Waals surface area contributed by atoms with Gasteiger partial charge in [0.1, 0.15) is 0 Å². The SMILES string of the molecule is CC(C)Cc1ccc(-c2cccc(CNC3CC3)c2)cc1. The van der Waals surface area contributed by atoms with Crippen molar-refractivity contribution in [3.05, 3.63) is 59.7 Å². The van der Waals surface area contributed by atoms with E-state index in [-0.39, 0.29) is 0 Å². The first-order chi connectivity index (χ1) is 10.2. The zero-order chi connectivity index (χ0) is 14.7. The summed E-state index contributed by atoms with van der Waals surface area (Å²) in [6.07, 6.45) is 3.85. The average molecular weight is 279 g/mol. The fourth-order valence-electron chi connectivity index (χ4n) is 2.72. The van der Waals surface area contributed by atoms with E-state index in [1.165, 1.54) is 35.1 Å². The number of rotatable bonds is 6. The lowest BCUT2D eigenvalue weighted by atomic mass is 9.98. The van der Waals surface area contributed by atoms with Crippen LogP contribution in [0.2, 0.25) is 0 Å². The van der Waals surface area contributed by atoms with Gasteiger partial charge in [0.25, 0.3) is 0 Å². The van der Waals surface area contributed by atoms with Crippen molar-refractivity contribution in [3.63, 3.8) is 0 Å². The van der Waals surface area contributed by atoms with Crippen LogP contribution in [0.3, 0.4) is 0 Å². The van der Waals surface area contributed by atoms with Gasteiger partial charge in [-0.25, -0.2) is 0 Å². The fourth-order valence-corrected chi connectivity index (χ4v) is 2.72. The topological polar surface area (TPSA) is 12.0 Å². The van der Waals surface area contributed by atoms with Crippen molar-refractivity contribution in [1.29, 1.82) is 0 Å². The molecule has 21 heavy (non-hydrogen) atoms. The predicted octanol–water partition coefficient (Wildman–Crippen LogP) is 4.80. The number of hydrogen-bond acceptors (Lipinski definition) is 1. The van der Waals surface area contributed by atoms with Crippen LogP contribution >= 0.6 is 0 Å². The first-order valence-corrected chi connectivity index (χ1v) is 8.12. The molecule has 0 spiro atoms. The minimum absolute atomic E-state index is 0.715. The fraction of sp³-hybridized carbons (Fsp3) is 0.400. The second-order valence-corrected chi connectivity index (χ2v) is 6.65. The van der Waals surface area contributed by atoms with Crippen LogP contribution in [-0.2, 0) is 13.0 Å². The van der Waals surface area contributed by atoms with Gasteiger partial charge in [0.2, 0.25) is 0 Å². The van der Waals surface area contributed by atoms with Gasteiger partial charge in [-0.2, -0.15) is 0 Å². The second kappa shape index (κ2) is 6.44. The van der Waals surface area contributed by atoms with E-state index in [0.717, 1.165) is 19.0 Å². The van der Waals surface area contributed by atoms with E-state index in [2.05, 4.69) is 67.7 Å². The van der Waals surface area contributed by atoms with Crippen LogP contribution in [0.5, 0.6) is 0 Å². The highest BCUT2D eigenvalue weighted by atomic mass is 14.9. The largest absolute Gasteiger partial charge is 0.310 e. The van der Waals surface area contributed by atoms with Crippen molar-refractivity contribution >= 4 is 0 Å². The van der Waals surface area contributed by atoms with Crippen LogP contribution in [0.15, 0.2) is 48.5 Å². The summed E-state index contributed by atoms with van der Waals surface area (Å²) in [6, 6.07) is 18.7. The molecule has 0 heterocycles. The van der Waals surface area contributed by atoms with Crippen LogP contribution in [-0.4, -0.2) is 6.04 Å². The molecule has 0 amide bonds. The minimum Gasteiger partial charge on any atom is -0.310 e. The normalized spacial score (nSPS) is 14.6. The van der Waals surface area contributed by atoms with Crippen molar-refractivity contribution in [2.75, 3.05) is 0 Å². The summed E-state index contributed by atoms with van der Waals surface area (Å²) in [5, 5.41) is 3.58. The maximum atomic E-state index is 3.58. The molecule has 1 heteroatoms. The molecule has 0 aliphatic heterocycles. The van der Waals surface area contributed by atoms with E-state index < -0.39 is 0 Å². The molecule has 0 atom stereocenters. The summed E-state index contributed by atoms with van der Waals surface area (Å²) in [4.78, 5) is 0. The van der Waals surface area contributed by atoms with Crippen molar-refractivity contribution in [2.24, 2.45) is 5.92 Å². The number of hydrogen-bond donors (Lipinski definition) is 1. The minimum atomic E-state index is 0.715. The highest BCUT2D eigenvalue weighted by Crippen LogP contribution is 2.23. The zero-order valence-electron chi connectivity index (χ0n) is 13.1. The van der Waals surface area contributed by atoms with Crippen LogP contribution in [0, 0.1) is 5.92 Å². The summed E-state index contributed by atoms with van der Waals surface area (Å²) in [5.74, 6) is 0.715. The smallest absolute Gasteiger partial charge is 0.0208 e. The van der Waals surface area contributed by atoms with E-state index >= 15 is 0 Å². The molecule has 0 aromatic heterocycles. The first-order valence-electron chi connectivity index (χ1n) is 8.12. The van der Waals surface area contributed by atoms with Crippen LogP contribution in [0.4, 0.5) is 0 Å². The molecule has 2 aromatic rings. The molecule has 1 nitrogen and oxygen atoms in total. The predicted molar refractivity (Wildman–Crippen MR) is 90.3 cm³/mol. The van der Waals surface area contributed by atoms with Crippen molar-refractivity contribution in [2.45, 2.75) is 45.7 Å². The van der Waals surface area contributed by atoms with Gasteiger partial charge in [0.15, 0.2) is 0 Å². The third-order valence-electron chi connectivity index (χ3n) is 4.03. The Morgan fingerprint density at radius 1 is 0.952 bits per heavy atom. The molecule has 0 radical (unpaired) electrons. The quantitative estimate of drug-likeness (QED) is 0.800. The molecule has 3 rings (SSSR count). The van der Waals surface area contributed by atoms with Crippen molar-refractivity contribution in [3.8, 4) is 11.1 Å². The molecule has 1 aliphatic carbocycles. The molecule has 0 saturated heterocycles. The molecule has 1 saturated carbocycles. The van der Waals surface area contributed by atoms with E-state index in [4.69, 9.17) is 0 Å². The van der Waals surface area contributed by atoms with Crippen molar-refractivity contribution < 1.29 is 0 Å². The zero-order valence-corrected chi connectivity index (χ0v) is 13.1. The molecule has 110 valence electrons. The van der Waals surface area contributed by atoms with Crippen LogP contribution in [0.1, 0.15) is 37.8 Å². The van der Waals surface area contributed by atoms with Gasteiger partial charge in [-0.05, 0) is 53.5 Å². The molecule has 1 aliphatic rings. The lowest BCUT2D eigenvalue weighted by Gasteiger charge is -2.09. The Morgan fingerprint density at radius 2 is 1.71 bits per heavy atom. The van der Waals surface area contributed by atoms with Crippen LogP contribution in [0.25, 0.3) is 11.1 Å². The van der Waals surface area contributed by atoms with Gasteiger partial charge >= 0.3 is 0 Å². The second-order valence-electron chi connectivity index (χ2n) is 6.65. The summed E-state index contributed by atoms with van der Waals surface area (Å²) in [7, 11) is 0. The van der Waals surface area contributed by atoms with Gasteiger partial charge in [-0.15, -0.1) is 0 Å². The Balaban J connectivity index is 1.71. The van der Waals surface area contributed by atoms with Crippen LogP contribution < -0.4 is 5.32 Å². The lowest BCUT2D eigenvalue weighted by Crippen LogP contribution is -2.15. The monoisotopic (exact) mass is 279 g/mol. The van der Waals surface area contributed by atoms with E-state index in [9.17, 15) is 0 Å². The van der Waals surface area contributed by atoms with Gasteiger partial charge in [0.05, 0.1) is 0 Å². The lowest BCUT2D eigenvalue weighted by molar-refractivity contribution is 0.647. The Morgan fingerprint density at radius 3 is 2.38 bits per heavy atom. The summed E-state index contributed by atoms with van der Waals surface area (Å²) in [6.45, 7) is 5.53. The molecule has 2 aromatic carbocycles. The average Bonchev–Trinajstić information content (AvgIpc) is 3.30. The molecule has 0 unspecified atom stereocenters. The maximum Gasteiger partial charge on any atom is 0.0208 e. The number of benzene rings is 2. The highest BCUT2D eigenvalue weighted by molar-refractivity contribution is 5.64. The van der Waals surface area contributed by atoms with Gasteiger partial charge in [-0.1, -0.05) is 56.3 Å². The summed E-state index contributed by atoms with van der Waals surface area (Å²) in [5.41, 5.74) is 5.45. The highest BCUT2D eigenvalue weighted by Gasteiger charge is 2.19. The molecule has 1 N–H and O–H groups in total. The van der Waals surface area contributed by atoms with E-state index in [0.29, 0.717) is 5.92 Å². The van der Waals surface area contributed by atoms with E-state index in [1.807, 2.05) is 0 Å². The van der Waals surface area contributed by atoms with Gasteiger partial charge in [-0.3, -0.25) is 0 Å². The molecular weight excluding hydrogens is 254 g/mol. The third kappa shape index (κ3) is 4.18. The third-order valence-corrected chi connectivity index (χ3v) is 4.03. The summed E-state index contributed by atoms with van der Waals surface area (Å²) >= 11 is 0. The molecule has 1 fully saturated rings. The maximum absolute atomic E-state index is 3.58. The summed E-state index contributed by atoms with van der Waals surface area (Å²) < 4.78 is 0. The molecular formula is C20H25N. The Kier molecular flexibility index (Phi) is 4.40.